The van der Waals surface area contributed by atoms with Crippen LogP contribution in [0.1, 0.15) is 12.8 Å². The first-order valence-electron chi connectivity index (χ1n) is 8.00. The summed E-state index contributed by atoms with van der Waals surface area (Å²) in [6, 6.07) is 5.97. The number of carbonyl (C=O) groups excluding carboxylic acids is 2. The monoisotopic (exact) mass is 336 g/mol. The summed E-state index contributed by atoms with van der Waals surface area (Å²) in [5.74, 6) is -0.564. The van der Waals surface area contributed by atoms with Gasteiger partial charge in [0.1, 0.15) is 18.0 Å². The number of hydrogen-bond acceptors (Lipinski definition) is 4. The minimum Gasteiger partial charge on any atom is -0.384 e. The lowest BCUT2D eigenvalue weighted by Gasteiger charge is -2.40. The minimum absolute atomic E-state index is 0.0199. The Morgan fingerprint density at radius 1 is 1.42 bits per heavy atom. The molecule has 2 aliphatic rings. The van der Waals surface area contributed by atoms with Crippen LogP contribution in [-0.4, -0.2) is 62.3 Å². The summed E-state index contributed by atoms with van der Waals surface area (Å²) in [5, 5.41) is 0. The molecule has 24 heavy (non-hydrogen) atoms. The van der Waals surface area contributed by atoms with E-state index in [0.29, 0.717) is 44.8 Å². The number of hydrogen-bond donors (Lipinski definition) is 0. The molecule has 2 amide bonds. The molecule has 2 heterocycles. The summed E-state index contributed by atoms with van der Waals surface area (Å²) in [6.07, 6.45) is 0.990. The van der Waals surface area contributed by atoms with E-state index in [4.69, 9.17) is 9.47 Å². The van der Waals surface area contributed by atoms with Gasteiger partial charge in [0.2, 0.25) is 5.91 Å². The summed E-state index contributed by atoms with van der Waals surface area (Å²) in [6.45, 7) is 1.68. The maximum atomic E-state index is 13.5. The Hall–Kier alpha value is -1.99. The van der Waals surface area contributed by atoms with E-state index < -0.39 is 5.60 Å². The molecule has 6 nitrogen and oxygen atoms in total. The molecule has 2 aliphatic heterocycles. The van der Waals surface area contributed by atoms with Gasteiger partial charge in [-0.2, -0.15) is 0 Å². The van der Waals surface area contributed by atoms with Gasteiger partial charge in [0.25, 0.3) is 5.91 Å². The molecule has 1 spiro atoms. The standard InChI is InChI=1S/C17H21FN2O4/c1-23-8-5-15(21)19-7-6-17(11-19)12-20(16(22)10-24-17)14-4-2-3-13(18)9-14/h2-4,9H,5-8,10-12H2,1H3. The molecule has 0 aliphatic carbocycles. The van der Waals surface area contributed by atoms with E-state index in [2.05, 4.69) is 0 Å². The van der Waals surface area contributed by atoms with Crippen LogP contribution in [0.25, 0.3) is 0 Å². The largest absolute Gasteiger partial charge is 0.384 e. The van der Waals surface area contributed by atoms with Crippen LogP contribution in [-0.2, 0) is 19.1 Å². The highest BCUT2D eigenvalue weighted by Crippen LogP contribution is 2.32. The number of amides is 2. The fraction of sp³-hybridized carbons (Fsp3) is 0.529. The van der Waals surface area contributed by atoms with Gasteiger partial charge in [-0.1, -0.05) is 6.07 Å². The first-order valence-corrected chi connectivity index (χ1v) is 8.00. The van der Waals surface area contributed by atoms with E-state index in [1.54, 1.807) is 29.0 Å². The van der Waals surface area contributed by atoms with E-state index in [1.807, 2.05) is 0 Å². The summed E-state index contributed by atoms with van der Waals surface area (Å²) in [7, 11) is 1.56. The number of anilines is 1. The molecular formula is C17H21FN2O4. The Bertz CT molecular complexity index is 639. The van der Waals surface area contributed by atoms with Gasteiger partial charge in [0.15, 0.2) is 0 Å². The predicted molar refractivity (Wildman–Crippen MR) is 85.1 cm³/mol. The Kier molecular flexibility index (Phi) is 4.82. The first kappa shape index (κ1) is 16.9. The lowest BCUT2D eigenvalue weighted by Crippen LogP contribution is -2.56. The third kappa shape index (κ3) is 3.42. The Labute approximate surface area is 140 Å². The molecular weight excluding hydrogens is 315 g/mol. The SMILES string of the molecule is COCCC(=O)N1CCC2(C1)CN(c1cccc(F)c1)C(=O)CO2. The van der Waals surface area contributed by atoms with Crippen LogP contribution in [0.5, 0.6) is 0 Å². The summed E-state index contributed by atoms with van der Waals surface area (Å²) < 4.78 is 24.2. The van der Waals surface area contributed by atoms with Gasteiger partial charge in [-0.15, -0.1) is 0 Å². The molecule has 0 saturated carbocycles. The van der Waals surface area contributed by atoms with Crippen molar-refractivity contribution in [2.24, 2.45) is 0 Å². The second kappa shape index (κ2) is 6.86. The Morgan fingerprint density at radius 3 is 3.00 bits per heavy atom. The third-order valence-corrected chi connectivity index (χ3v) is 4.56. The minimum atomic E-state index is -0.580. The predicted octanol–water partition coefficient (Wildman–Crippen LogP) is 1.20. The molecule has 0 aromatic heterocycles. The molecule has 0 bridgehead atoms. The lowest BCUT2D eigenvalue weighted by molar-refractivity contribution is -0.139. The summed E-state index contributed by atoms with van der Waals surface area (Å²) in [4.78, 5) is 27.6. The average Bonchev–Trinajstić information content (AvgIpc) is 2.99. The van der Waals surface area contributed by atoms with Crippen LogP contribution in [0.15, 0.2) is 24.3 Å². The molecule has 1 atom stereocenters. The number of nitrogens with zero attached hydrogens (tertiary/aromatic N) is 2. The van der Waals surface area contributed by atoms with Gasteiger partial charge >= 0.3 is 0 Å². The van der Waals surface area contributed by atoms with Crippen molar-refractivity contribution in [1.29, 1.82) is 0 Å². The Balaban J connectivity index is 1.71. The fourth-order valence-electron chi connectivity index (χ4n) is 3.25. The molecule has 3 rings (SSSR count). The van der Waals surface area contributed by atoms with E-state index >= 15 is 0 Å². The number of rotatable bonds is 4. The number of likely N-dealkylation sites (tertiary alicyclic amines) is 1. The number of ether oxygens (including phenoxy) is 2. The topological polar surface area (TPSA) is 59.1 Å². The van der Waals surface area contributed by atoms with Crippen molar-refractivity contribution < 1.29 is 23.5 Å². The molecule has 1 aromatic carbocycles. The molecule has 0 radical (unpaired) electrons. The van der Waals surface area contributed by atoms with Crippen molar-refractivity contribution in [3.05, 3.63) is 30.1 Å². The zero-order valence-corrected chi connectivity index (χ0v) is 13.7. The molecule has 1 aromatic rings. The fourth-order valence-corrected chi connectivity index (χ4v) is 3.25. The second-order valence-electron chi connectivity index (χ2n) is 6.24. The highest BCUT2D eigenvalue weighted by molar-refractivity contribution is 5.95. The molecule has 130 valence electrons. The molecule has 2 saturated heterocycles. The first-order chi connectivity index (χ1) is 11.5. The van der Waals surface area contributed by atoms with Crippen LogP contribution in [0.3, 0.4) is 0 Å². The number of methoxy groups -OCH3 is 1. The van der Waals surface area contributed by atoms with E-state index in [-0.39, 0.29) is 24.2 Å². The lowest BCUT2D eigenvalue weighted by atomic mass is 10.00. The quantitative estimate of drug-likeness (QED) is 0.829. The molecule has 2 fully saturated rings. The zero-order chi connectivity index (χ0) is 17.2. The van der Waals surface area contributed by atoms with Crippen LogP contribution in [0, 0.1) is 5.82 Å². The van der Waals surface area contributed by atoms with Gasteiger partial charge in [-0.05, 0) is 24.6 Å². The van der Waals surface area contributed by atoms with Crippen molar-refractivity contribution in [2.45, 2.75) is 18.4 Å². The normalized spacial score (nSPS) is 24.0. The highest BCUT2D eigenvalue weighted by Gasteiger charge is 2.46. The van der Waals surface area contributed by atoms with Crippen molar-refractivity contribution in [1.82, 2.24) is 4.90 Å². The zero-order valence-electron chi connectivity index (χ0n) is 13.7. The van der Waals surface area contributed by atoms with Crippen LogP contribution >= 0.6 is 0 Å². The Morgan fingerprint density at radius 2 is 2.25 bits per heavy atom. The summed E-state index contributed by atoms with van der Waals surface area (Å²) in [5.41, 5.74) is -0.0602. The van der Waals surface area contributed by atoms with Gasteiger partial charge in [0.05, 0.1) is 26.1 Å². The number of morpholine rings is 1. The van der Waals surface area contributed by atoms with Crippen LogP contribution < -0.4 is 4.90 Å². The number of carbonyl (C=O) groups is 2. The van der Waals surface area contributed by atoms with Gasteiger partial charge in [-0.3, -0.25) is 9.59 Å². The van der Waals surface area contributed by atoms with E-state index in [0.717, 1.165) is 0 Å². The maximum absolute atomic E-state index is 13.5. The number of benzene rings is 1. The van der Waals surface area contributed by atoms with Crippen molar-refractivity contribution >= 4 is 17.5 Å². The smallest absolute Gasteiger partial charge is 0.253 e. The second-order valence-corrected chi connectivity index (χ2v) is 6.24. The van der Waals surface area contributed by atoms with Crippen molar-refractivity contribution in [3.63, 3.8) is 0 Å². The maximum Gasteiger partial charge on any atom is 0.253 e. The number of halogens is 1. The van der Waals surface area contributed by atoms with E-state index in [1.165, 1.54) is 12.1 Å². The van der Waals surface area contributed by atoms with Crippen LogP contribution in [0.4, 0.5) is 10.1 Å². The van der Waals surface area contributed by atoms with Crippen molar-refractivity contribution in [2.75, 3.05) is 44.9 Å². The molecule has 7 heteroatoms. The van der Waals surface area contributed by atoms with E-state index in [9.17, 15) is 14.0 Å². The third-order valence-electron chi connectivity index (χ3n) is 4.56. The highest BCUT2D eigenvalue weighted by atomic mass is 19.1. The van der Waals surface area contributed by atoms with Crippen molar-refractivity contribution in [3.8, 4) is 0 Å². The summed E-state index contributed by atoms with van der Waals surface area (Å²) >= 11 is 0. The van der Waals surface area contributed by atoms with Crippen LogP contribution in [0.2, 0.25) is 0 Å². The molecule has 1 unspecified atom stereocenters. The average molecular weight is 336 g/mol. The molecule has 0 N–H and O–H groups in total. The van der Waals surface area contributed by atoms with Gasteiger partial charge < -0.3 is 19.3 Å². The van der Waals surface area contributed by atoms with Gasteiger partial charge in [0, 0.05) is 19.3 Å². The van der Waals surface area contributed by atoms with Gasteiger partial charge in [-0.25, -0.2) is 4.39 Å².